The van der Waals surface area contributed by atoms with Crippen molar-refractivity contribution in [2.24, 2.45) is 0 Å². The lowest BCUT2D eigenvalue weighted by Gasteiger charge is -2.49. The molecule has 2 heterocycles. The zero-order valence-corrected chi connectivity index (χ0v) is 13.1. The molecular formula is C16H25N3O. The van der Waals surface area contributed by atoms with Gasteiger partial charge in [0.05, 0.1) is 11.2 Å². The molecule has 1 saturated carbocycles. The summed E-state index contributed by atoms with van der Waals surface area (Å²) in [6, 6.07) is 2.09. The number of nitrogens with zero attached hydrogens (tertiary/aromatic N) is 3. The minimum atomic E-state index is -0.116. The van der Waals surface area contributed by atoms with Gasteiger partial charge in [-0.2, -0.15) is 0 Å². The van der Waals surface area contributed by atoms with E-state index in [0.717, 1.165) is 30.4 Å². The second-order valence-corrected chi connectivity index (χ2v) is 7.02. The van der Waals surface area contributed by atoms with Crippen molar-refractivity contribution in [2.45, 2.75) is 64.6 Å². The average Bonchev–Trinajstić information content (AvgIpc) is 2.73. The van der Waals surface area contributed by atoms with Crippen LogP contribution in [0, 0.1) is 13.8 Å². The Morgan fingerprint density at radius 2 is 1.80 bits per heavy atom. The third-order valence-corrected chi connectivity index (χ3v) is 4.33. The molecule has 110 valence electrons. The highest BCUT2D eigenvalue weighted by atomic mass is 16.5. The van der Waals surface area contributed by atoms with Crippen molar-refractivity contribution in [3.8, 4) is 0 Å². The molecule has 3 rings (SSSR count). The van der Waals surface area contributed by atoms with Crippen LogP contribution in [-0.4, -0.2) is 34.3 Å². The van der Waals surface area contributed by atoms with E-state index in [4.69, 9.17) is 4.74 Å². The van der Waals surface area contributed by atoms with Crippen LogP contribution >= 0.6 is 0 Å². The van der Waals surface area contributed by atoms with Gasteiger partial charge in [-0.05, 0) is 40.5 Å². The summed E-state index contributed by atoms with van der Waals surface area (Å²) in [5.74, 6) is 1.91. The fraction of sp³-hybridized carbons (Fsp3) is 0.750. The highest BCUT2D eigenvalue weighted by molar-refractivity contribution is 5.41. The monoisotopic (exact) mass is 275 g/mol. The lowest BCUT2D eigenvalue weighted by molar-refractivity contribution is -0.148. The zero-order chi connectivity index (χ0) is 14.4. The summed E-state index contributed by atoms with van der Waals surface area (Å²) in [5.41, 5.74) is 0.960. The fourth-order valence-electron chi connectivity index (χ4n) is 3.81. The number of aryl methyl sites for hydroxylation is 2. The predicted octanol–water partition coefficient (Wildman–Crippen LogP) is 3.02. The van der Waals surface area contributed by atoms with Crippen molar-refractivity contribution in [1.82, 2.24) is 9.97 Å². The second kappa shape index (κ2) is 4.69. The van der Waals surface area contributed by atoms with Gasteiger partial charge in [-0.25, -0.2) is 9.97 Å². The highest BCUT2D eigenvalue weighted by Crippen LogP contribution is 2.41. The number of rotatable bonds is 1. The summed E-state index contributed by atoms with van der Waals surface area (Å²) >= 11 is 0. The van der Waals surface area contributed by atoms with Gasteiger partial charge >= 0.3 is 0 Å². The lowest BCUT2D eigenvalue weighted by Crippen LogP contribution is -2.59. The maximum absolute atomic E-state index is 6.45. The molecule has 1 aromatic heterocycles. The summed E-state index contributed by atoms with van der Waals surface area (Å²) in [7, 11) is 0. The SMILES string of the molecule is Cc1cc(N2CC(C)(C)OC3(CCCC3)C2)nc(C)n1. The van der Waals surface area contributed by atoms with E-state index in [-0.39, 0.29) is 11.2 Å². The Labute approximate surface area is 121 Å². The molecule has 4 nitrogen and oxygen atoms in total. The van der Waals surface area contributed by atoms with E-state index in [1.54, 1.807) is 0 Å². The normalized spacial score (nSPS) is 24.3. The van der Waals surface area contributed by atoms with Crippen LogP contribution in [0.3, 0.4) is 0 Å². The molecule has 1 aromatic rings. The summed E-state index contributed by atoms with van der Waals surface area (Å²) in [5, 5.41) is 0. The quantitative estimate of drug-likeness (QED) is 0.789. The van der Waals surface area contributed by atoms with Crippen molar-refractivity contribution in [2.75, 3.05) is 18.0 Å². The van der Waals surface area contributed by atoms with Crippen molar-refractivity contribution < 1.29 is 4.74 Å². The van der Waals surface area contributed by atoms with E-state index in [2.05, 4.69) is 34.8 Å². The zero-order valence-electron chi connectivity index (χ0n) is 13.1. The number of ether oxygens (including phenoxy) is 1. The van der Waals surface area contributed by atoms with E-state index in [0.29, 0.717) is 0 Å². The van der Waals surface area contributed by atoms with E-state index < -0.39 is 0 Å². The Balaban J connectivity index is 1.92. The number of hydrogen-bond acceptors (Lipinski definition) is 4. The van der Waals surface area contributed by atoms with Gasteiger partial charge in [0.15, 0.2) is 0 Å². The molecule has 0 amide bonds. The predicted molar refractivity (Wildman–Crippen MR) is 80.1 cm³/mol. The summed E-state index contributed by atoms with van der Waals surface area (Å²) in [4.78, 5) is 11.4. The lowest BCUT2D eigenvalue weighted by atomic mass is 9.94. The van der Waals surface area contributed by atoms with Crippen LogP contribution in [0.4, 0.5) is 5.82 Å². The third-order valence-electron chi connectivity index (χ3n) is 4.33. The van der Waals surface area contributed by atoms with E-state index >= 15 is 0 Å². The Morgan fingerprint density at radius 3 is 2.45 bits per heavy atom. The van der Waals surface area contributed by atoms with Crippen LogP contribution < -0.4 is 4.90 Å². The van der Waals surface area contributed by atoms with Crippen LogP contribution in [0.2, 0.25) is 0 Å². The average molecular weight is 275 g/mol. The fourth-order valence-corrected chi connectivity index (χ4v) is 3.81. The van der Waals surface area contributed by atoms with Crippen molar-refractivity contribution >= 4 is 5.82 Å². The van der Waals surface area contributed by atoms with Gasteiger partial charge in [-0.1, -0.05) is 12.8 Å². The van der Waals surface area contributed by atoms with Gasteiger partial charge in [-0.3, -0.25) is 0 Å². The summed E-state index contributed by atoms with van der Waals surface area (Å²) in [6.45, 7) is 10.2. The van der Waals surface area contributed by atoms with Gasteiger partial charge in [0.2, 0.25) is 0 Å². The molecule has 1 aliphatic carbocycles. The van der Waals surface area contributed by atoms with Crippen molar-refractivity contribution in [3.63, 3.8) is 0 Å². The number of morpholine rings is 1. The van der Waals surface area contributed by atoms with Crippen LogP contribution in [-0.2, 0) is 4.74 Å². The summed E-state index contributed by atoms with van der Waals surface area (Å²) < 4.78 is 6.45. The standard InChI is InChI=1S/C16H25N3O/c1-12-9-14(18-13(2)17-12)19-10-15(3,4)20-16(11-19)7-5-6-8-16/h9H,5-8,10-11H2,1-4H3. The molecule has 1 saturated heterocycles. The molecule has 0 atom stereocenters. The Kier molecular flexibility index (Phi) is 3.24. The van der Waals surface area contributed by atoms with Gasteiger partial charge in [0.1, 0.15) is 11.6 Å². The van der Waals surface area contributed by atoms with Crippen molar-refractivity contribution in [3.05, 3.63) is 17.6 Å². The number of aromatic nitrogens is 2. The van der Waals surface area contributed by atoms with Gasteiger partial charge in [-0.15, -0.1) is 0 Å². The molecule has 2 aliphatic rings. The Hall–Kier alpha value is -1.16. The first kappa shape index (κ1) is 13.8. The van der Waals surface area contributed by atoms with E-state index in [1.807, 2.05) is 13.8 Å². The molecule has 0 aromatic carbocycles. The van der Waals surface area contributed by atoms with Crippen LogP contribution in [0.15, 0.2) is 6.07 Å². The smallest absolute Gasteiger partial charge is 0.132 e. The van der Waals surface area contributed by atoms with E-state index in [1.165, 1.54) is 25.7 Å². The molecule has 1 spiro atoms. The molecule has 0 bridgehead atoms. The van der Waals surface area contributed by atoms with Gasteiger partial charge in [0.25, 0.3) is 0 Å². The van der Waals surface area contributed by atoms with E-state index in [9.17, 15) is 0 Å². The Morgan fingerprint density at radius 1 is 1.10 bits per heavy atom. The molecule has 20 heavy (non-hydrogen) atoms. The first-order valence-corrected chi connectivity index (χ1v) is 7.65. The first-order valence-electron chi connectivity index (χ1n) is 7.65. The molecule has 2 fully saturated rings. The third kappa shape index (κ3) is 2.66. The van der Waals surface area contributed by atoms with Gasteiger partial charge in [0, 0.05) is 24.8 Å². The van der Waals surface area contributed by atoms with Crippen molar-refractivity contribution in [1.29, 1.82) is 0 Å². The second-order valence-electron chi connectivity index (χ2n) is 7.02. The first-order chi connectivity index (χ1) is 9.38. The minimum Gasteiger partial charge on any atom is -0.365 e. The van der Waals surface area contributed by atoms with Crippen LogP contribution in [0.5, 0.6) is 0 Å². The topological polar surface area (TPSA) is 38.2 Å². The largest absolute Gasteiger partial charge is 0.365 e. The molecule has 0 N–H and O–H groups in total. The molecular weight excluding hydrogens is 250 g/mol. The Bertz CT molecular complexity index is 486. The molecule has 0 radical (unpaired) electrons. The summed E-state index contributed by atoms with van der Waals surface area (Å²) in [6.07, 6.45) is 4.92. The number of anilines is 1. The molecule has 4 heteroatoms. The molecule has 0 unspecified atom stereocenters. The molecule has 1 aliphatic heterocycles. The minimum absolute atomic E-state index is 0.0362. The highest BCUT2D eigenvalue weighted by Gasteiger charge is 2.46. The maximum Gasteiger partial charge on any atom is 0.132 e. The maximum atomic E-state index is 6.45. The number of hydrogen-bond donors (Lipinski definition) is 0. The van der Waals surface area contributed by atoms with Gasteiger partial charge < -0.3 is 9.64 Å². The van der Waals surface area contributed by atoms with Crippen LogP contribution in [0.25, 0.3) is 0 Å². The van der Waals surface area contributed by atoms with Crippen LogP contribution in [0.1, 0.15) is 51.0 Å².